The van der Waals surface area contributed by atoms with Crippen molar-refractivity contribution < 1.29 is 9.90 Å². The van der Waals surface area contributed by atoms with E-state index in [0.29, 0.717) is 34.7 Å². The van der Waals surface area contributed by atoms with E-state index in [-0.39, 0.29) is 12.0 Å². The average molecular weight is 518 g/mol. The van der Waals surface area contributed by atoms with Crippen LogP contribution in [0.2, 0.25) is 10.0 Å². The molecule has 1 aliphatic carbocycles. The molecular weight excluding hydrogens is 485 g/mol. The molecule has 0 bridgehead atoms. The summed E-state index contributed by atoms with van der Waals surface area (Å²) in [6.45, 7) is 8.14. The van der Waals surface area contributed by atoms with Gasteiger partial charge in [0, 0.05) is 30.7 Å². The quantitative estimate of drug-likeness (QED) is 0.517. The van der Waals surface area contributed by atoms with Crippen LogP contribution in [0.4, 0.5) is 11.8 Å². The topological polar surface area (TPSA) is 81.6 Å². The highest BCUT2D eigenvalue weighted by Gasteiger charge is 2.42. The lowest BCUT2D eigenvalue weighted by Crippen LogP contribution is -2.56. The number of nitrogens with zero attached hydrogens (tertiary/aromatic N) is 4. The van der Waals surface area contributed by atoms with E-state index < -0.39 is 5.97 Å². The van der Waals surface area contributed by atoms with E-state index in [9.17, 15) is 9.90 Å². The first kappa shape index (κ1) is 24.6. The van der Waals surface area contributed by atoms with Crippen molar-refractivity contribution in [2.45, 2.75) is 51.6 Å². The molecule has 1 aromatic heterocycles. The van der Waals surface area contributed by atoms with Crippen molar-refractivity contribution in [2.24, 2.45) is 17.8 Å². The first-order valence-electron chi connectivity index (χ1n) is 12.6. The van der Waals surface area contributed by atoms with Gasteiger partial charge in [0.1, 0.15) is 5.02 Å². The predicted octanol–water partition coefficient (Wildman–Crippen LogP) is 5.28. The van der Waals surface area contributed by atoms with Crippen LogP contribution < -0.4 is 10.2 Å². The van der Waals surface area contributed by atoms with Crippen molar-refractivity contribution in [2.75, 3.05) is 36.4 Å². The Bertz CT molecular complexity index is 1090. The van der Waals surface area contributed by atoms with Gasteiger partial charge in [-0.3, -0.25) is 4.79 Å². The molecule has 2 N–H and O–H groups in total. The Kier molecular flexibility index (Phi) is 7.11. The van der Waals surface area contributed by atoms with Gasteiger partial charge in [-0.2, -0.15) is 4.98 Å². The molecule has 2 aromatic rings. The number of rotatable bonds is 7. The number of halogens is 2. The number of benzene rings is 1. The third kappa shape index (κ3) is 5.23. The summed E-state index contributed by atoms with van der Waals surface area (Å²) in [4.78, 5) is 25.1. The van der Waals surface area contributed by atoms with E-state index in [1.807, 2.05) is 26.0 Å². The molecule has 5 rings (SSSR count). The molecule has 188 valence electrons. The molecule has 3 heterocycles. The molecule has 1 aromatic carbocycles. The summed E-state index contributed by atoms with van der Waals surface area (Å²) >= 11 is 12.9. The summed E-state index contributed by atoms with van der Waals surface area (Å²) < 4.78 is 0. The molecule has 1 saturated carbocycles. The first-order valence-corrected chi connectivity index (χ1v) is 13.3. The maximum Gasteiger partial charge on any atom is 0.306 e. The minimum absolute atomic E-state index is 0.0482. The number of hydrogen-bond acceptors (Lipinski definition) is 6. The number of nitrogens with one attached hydrogen (secondary N) is 1. The molecule has 2 aliphatic heterocycles. The minimum Gasteiger partial charge on any atom is -0.481 e. The van der Waals surface area contributed by atoms with Crippen molar-refractivity contribution in [3.05, 3.63) is 45.6 Å². The highest BCUT2D eigenvalue weighted by atomic mass is 35.5. The number of carboxylic acid groups (broad SMARTS) is 1. The van der Waals surface area contributed by atoms with E-state index in [0.717, 1.165) is 55.2 Å². The van der Waals surface area contributed by atoms with Gasteiger partial charge in [0.2, 0.25) is 5.95 Å². The van der Waals surface area contributed by atoms with Gasteiger partial charge in [-0.25, -0.2) is 4.98 Å². The second-order valence-electron chi connectivity index (χ2n) is 10.5. The van der Waals surface area contributed by atoms with Crippen LogP contribution >= 0.6 is 23.2 Å². The number of aryl methyl sites for hydroxylation is 1. The fourth-order valence-electron chi connectivity index (χ4n) is 5.70. The Morgan fingerprint density at radius 3 is 2.66 bits per heavy atom. The molecule has 0 spiro atoms. The molecule has 3 fully saturated rings. The highest BCUT2D eigenvalue weighted by Crippen LogP contribution is 2.38. The van der Waals surface area contributed by atoms with E-state index in [1.165, 1.54) is 12.8 Å². The number of carbonyl (C=O) groups is 1. The zero-order chi connectivity index (χ0) is 24.7. The standard InChI is InChI=1S/C26H33Cl2N5O2/c1-15-5-6-21(22(27)8-15)16(2)30-24-23(28)11-29-26(31-24)33-13-19(14-33)17-4-3-7-32(12-17)20-9-18(10-20)25(34)35/h5-6,8,11,16-20H,3-4,7,9-10,12-14H2,1-2H3,(H,34,35)(H,29,30,31)/t16-,17+,18?,20?/m1/s1. The molecule has 0 unspecified atom stereocenters. The van der Waals surface area contributed by atoms with Crippen molar-refractivity contribution in [1.82, 2.24) is 14.9 Å². The third-order valence-corrected chi connectivity index (χ3v) is 8.64. The van der Waals surface area contributed by atoms with Crippen LogP contribution in [0.25, 0.3) is 0 Å². The van der Waals surface area contributed by atoms with Crippen LogP contribution in [0.5, 0.6) is 0 Å². The number of aromatic nitrogens is 2. The Balaban J connectivity index is 1.17. The lowest BCUT2D eigenvalue weighted by molar-refractivity contribution is -0.147. The van der Waals surface area contributed by atoms with Gasteiger partial charge in [-0.15, -0.1) is 0 Å². The molecular formula is C26H33Cl2N5O2. The smallest absolute Gasteiger partial charge is 0.306 e. The molecule has 3 aliphatic rings. The average Bonchev–Trinajstić information content (AvgIpc) is 2.74. The minimum atomic E-state index is -0.641. The SMILES string of the molecule is Cc1ccc([C@@H](C)Nc2nc(N3CC([C@H]4CCCN(C5CC(C(=O)O)C5)C4)C3)ncc2Cl)c(Cl)c1. The van der Waals surface area contributed by atoms with Crippen LogP contribution in [-0.2, 0) is 4.79 Å². The fourth-order valence-corrected chi connectivity index (χ4v) is 6.24. The van der Waals surface area contributed by atoms with Gasteiger partial charge in [0.15, 0.2) is 5.82 Å². The summed E-state index contributed by atoms with van der Waals surface area (Å²) in [7, 11) is 0. The highest BCUT2D eigenvalue weighted by molar-refractivity contribution is 6.33. The van der Waals surface area contributed by atoms with Crippen molar-refractivity contribution >= 4 is 40.9 Å². The van der Waals surface area contributed by atoms with Gasteiger partial charge in [-0.05, 0) is 75.1 Å². The van der Waals surface area contributed by atoms with Gasteiger partial charge >= 0.3 is 5.97 Å². The van der Waals surface area contributed by atoms with Crippen LogP contribution in [0.1, 0.15) is 49.8 Å². The van der Waals surface area contributed by atoms with Crippen molar-refractivity contribution in [1.29, 1.82) is 0 Å². The molecule has 7 nitrogen and oxygen atoms in total. The lowest BCUT2D eigenvalue weighted by atomic mass is 9.76. The number of anilines is 2. The van der Waals surface area contributed by atoms with Crippen molar-refractivity contribution in [3.8, 4) is 0 Å². The number of aliphatic carboxylic acids is 1. The number of hydrogen-bond donors (Lipinski definition) is 2. The molecule has 9 heteroatoms. The number of likely N-dealkylation sites (tertiary alicyclic amines) is 1. The zero-order valence-electron chi connectivity index (χ0n) is 20.3. The Morgan fingerprint density at radius 2 is 1.94 bits per heavy atom. The van der Waals surface area contributed by atoms with Crippen molar-refractivity contribution in [3.63, 3.8) is 0 Å². The second kappa shape index (κ2) is 10.1. The normalized spacial score (nSPS) is 26.1. The zero-order valence-corrected chi connectivity index (χ0v) is 21.8. The molecule has 35 heavy (non-hydrogen) atoms. The molecule has 0 radical (unpaired) electrons. The van der Waals surface area contributed by atoms with Gasteiger partial charge in [0.25, 0.3) is 0 Å². The third-order valence-electron chi connectivity index (χ3n) is 8.03. The summed E-state index contributed by atoms with van der Waals surface area (Å²) in [5.74, 6) is 1.80. The maximum absolute atomic E-state index is 11.2. The maximum atomic E-state index is 11.2. The molecule has 2 atom stereocenters. The number of piperidine rings is 1. The number of carboxylic acids is 1. The Hall–Kier alpha value is -2.09. The van der Waals surface area contributed by atoms with Crippen LogP contribution in [0.15, 0.2) is 24.4 Å². The monoisotopic (exact) mass is 517 g/mol. The molecule has 2 saturated heterocycles. The summed E-state index contributed by atoms with van der Waals surface area (Å²) in [5, 5.41) is 13.8. The van der Waals surface area contributed by atoms with Gasteiger partial charge < -0.3 is 20.2 Å². The predicted molar refractivity (Wildman–Crippen MR) is 139 cm³/mol. The largest absolute Gasteiger partial charge is 0.481 e. The summed E-state index contributed by atoms with van der Waals surface area (Å²) in [6, 6.07) is 6.45. The van der Waals surface area contributed by atoms with Crippen LogP contribution in [-0.4, -0.2) is 58.2 Å². The Morgan fingerprint density at radius 1 is 1.17 bits per heavy atom. The summed E-state index contributed by atoms with van der Waals surface area (Å²) in [6.07, 6.45) is 5.72. The van der Waals surface area contributed by atoms with E-state index >= 15 is 0 Å². The lowest BCUT2D eigenvalue weighted by Gasteiger charge is -2.50. The van der Waals surface area contributed by atoms with Crippen LogP contribution in [0.3, 0.4) is 0 Å². The first-order chi connectivity index (χ1) is 16.8. The molecule has 0 amide bonds. The van der Waals surface area contributed by atoms with Crippen LogP contribution in [0, 0.1) is 24.7 Å². The second-order valence-corrected chi connectivity index (χ2v) is 11.3. The van der Waals surface area contributed by atoms with Gasteiger partial charge in [0.05, 0.1) is 18.2 Å². The van der Waals surface area contributed by atoms with E-state index in [2.05, 4.69) is 26.2 Å². The van der Waals surface area contributed by atoms with E-state index in [1.54, 1.807) is 6.20 Å². The summed E-state index contributed by atoms with van der Waals surface area (Å²) in [5.41, 5.74) is 2.12. The Labute approximate surface area is 216 Å². The van der Waals surface area contributed by atoms with E-state index in [4.69, 9.17) is 28.2 Å². The van der Waals surface area contributed by atoms with Gasteiger partial charge in [-0.1, -0.05) is 35.3 Å². The fraction of sp³-hybridized carbons (Fsp3) is 0.577.